The van der Waals surface area contributed by atoms with Crippen LogP contribution >= 0.6 is 0 Å². The highest BCUT2D eigenvalue weighted by molar-refractivity contribution is 7.89. The fraction of sp³-hybridized carbons (Fsp3) is 0.700. The van der Waals surface area contributed by atoms with Gasteiger partial charge in [-0.05, 0) is 44.5 Å². The van der Waals surface area contributed by atoms with Crippen LogP contribution in [0.25, 0.3) is 0 Å². The summed E-state index contributed by atoms with van der Waals surface area (Å²) in [5.74, 6) is 0.603. The van der Waals surface area contributed by atoms with E-state index in [0.29, 0.717) is 37.6 Å². The summed E-state index contributed by atoms with van der Waals surface area (Å²) in [5, 5.41) is 0. The van der Waals surface area contributed by atoms with Crippen molar-refractivity contribution in [1.82, 2.24) is 12.9 Å². The van der Waals surface area contributed by atoms with Crippen LogP contribution in [0.4, 0.5) is 0 Å². The Bertz CT molecular complexity index is 982. The SMILES string of the molecule is COCCOc1ccc(S(=O)(=O)N2CCN(S(=O)(=O)N3CC(C)OC(C)C3)CC2)cc1C. The van der Waals surface area contributed by atoms with E-state index in [1.807, 2.05) is 13.8 Å². The van der Waals surface area contributed by atoms with Gasteiger partial charge in [0, 0.05) is 46.4 Å². The lowest BCUT2D eigenvalue weighted by atomic mass is 10.2. The van der Waals surface area contributed by atoms with E-state index in [2.05, 4.69) is 0 Å². The first kappa shape index (κ1) is 25.3. The van der Waals surface area contributed by atoms with Gasteiger partial charge < -0.3 is 14.2 Å². The van der Waals surface area contributed by atoms with E-state index in [0.717, 1.165) is 0 Å². The first-order valence-electron chi connectivity index (χ1n) is 10.7. The number of piperazine rings is 1. The summed E-state index contributed by atoms with van der Waals surface area (Å²) in [6.07, 6.45) is -0.361. The summed E-state index contributed by atoms with van der Waals surface area (Å²) >= 11 is 0. The fourth-order valence-electron chi connectivity index (χ4n) is 3.95. The number of hydrogen-bond donors (Lipinski definition) is 0. The highest BCUT2D eigenvalue weighted by Crippen LogP contribution is 2.26. The second kappa shape index (κ2) is 10.3. The van der Waals surface area contributed by atoms with Crippen molar-refractivity contribution in [3.63, 3.8) is 0 Å². The average molecular weight is 492 g/mol. The molecule has 32 heavy (non-hydrogen) atoms. The molecule has 10 nitrogen and oxygen atoms in total. The Kier molecular flexibility index (Phi) is 8.18. The maximum Gasteiger partial charge on any atom is 0.282 e. The van der Waals surface area contributed by atoms with Crippen molar-refractivity contribution in [3.05, 3.63) is 23.8 Å². The van der Waals surface area contributed by atoms with Crippen molar-refractivity contribution in [2.24, 2.45) is 0 Å². The third kappa shape index (κ3) is 5.61. The highest BCUT2D eigenvalue weighted by atomic mass is 32.2. The molecule has 3 rings (SSSR count). The van der Waals surface area contributed by atoms with E-state index in [4.69, 9.17) is 14.2 Å². The number of morpholine rings is 1. The summed E-state index contributed by atoms with van der Waals surface area (Å²) in [5.41, 5.74) is 0.707. The Balaban J connectivity index is 1.65. The number of benzene rings is 1. The van der Waals surface area contributed by atoms with Crippen LogP contribution in [0.3, 0.4) is 0 Å². The number of sulfonamides is 1. The second-order valence-corrected chi connectivity index (χ2v) is 12.0. The molecule has 2 heterocycles. The molecule has 12 heteroatoms. The molecule has 2 atom stereocenters. The predicted octanol–water partition coefficient (Wildman–Crippen LogP) is 0.681. The van der Waals surface area contributed by atoms with Gasteiger partial charge in [0.05, 0.1) is 23.7 Å². The lowest BCUT2D eigenvalue weighted by molar-refractivity contribution is -0.0456. The fourth-order valence-corrected chi connectivity index (χ4v) is 7.21. The third-order valence-corrected chi connectivity index (χ3v) is 9.43. The average Bonchev–Trinajstić information content (AvgIpc) is 2.74. The number of ether oxygens (including phenoxy) is 3. The largest absolute Gasteiger partial charge is 0.491 e. The molecule has 0 radical (unpaired) electrons. The Morgan fingerprint density at radius 3 is 2.09 bits per heavy atom. The predicted molar refractivity (Wildman–Crippen MR) is 119 cm³/mol. The van der Waals surface area contributed by atoms with Crippen molar-refractivity contribution in [3.8, 4) is 5.75 Å². The topological polar surface area (TPSA) is 106 Å². The van der Waals surface area contributed by atoms with Gasteiger partial charge in [-0.3, -0.25) is 0 Å². The van der Waals surface area contributed by atoms with Crippen molar-refractivity contribution in [1.29, 1.82) is 0 Å². The van der Waals surface area contributed by atoms with Crippen LogP contribution in [-0.2, 0) is 29.7 Å². The van der Waals surface area contributed by atoms with Crippen LogP contribution in [0.1, 0.15) is 19.4 Å². The van der Waals surface area contributed by atoms with Gasteiger partial charge in [0.15, 0.2) is 0 Å². The smallest absolute Gasteiger partial charge is 0.282 e. The highest BCUT2D eigenvalue weighted by Gasteiger charge is 2.38. The van der Waals surface area contributed by atoms with Crippen LogP contribution < -0.4 is 4.74 Å². The van der Waals surface area contributed by atoms with E-state index >= 15 is 0 Å². The van der Waals surface area contributed by atoms with Crippen molar-refractivity contribution < 1.29 is 31.0 Å². The molecule has 0 N–H and O–H groups in total. The summed E-state index contributed by atoms with van der Waals surface area (Å²) < 4.78 is 72.7. The van der Waals surface area contributed by atoms with Crippen molar-refractivity contribution in [2.45, 2.75) is 37.9 Å². The Labute approximate surface area is 191 Å². The number of hydrogen-bond acceptors (Lipinski definition) is 7. The monoisotopic (exact) mass is 491 g/mol. The summed E-state index contributed by atoms with van der Waals surface area (Å²) in [6.45, 7) is 7.30. The maximum absolute atomic E-state index is 13.1. The first-order chi connectivity index (χ1) is 15.1. The number of nitrogens with zero attached hydrogens (tertiary/aromatic N) is 3. The second-order valence-electron chi connectivity index (χ2n) is 8.15. The molecular weight excluding hydrogens is 458 g/mol. The van der Waals surface area contributed by atoms with E-state index in [9.17, 15) is 16.8 Å². The Hall–Kier alpha value is -1.28. The zero-order valence-electron chi connectivity index (χ0n) is 19.1. The standard InChI is InChI=1S/C20H33N3O7S2/c1-16-13-19(5-6-20(16)29-12-11-28-4)31(24,25)21-7-9-22(10-8-21)32(26,27)23-14-17(2)30-18(3)15-23/h5-6,13,17-18H,7-12,14-15H2,1-4H3. The molecule has 2 fully saturated rings. The molecular formula is C20H33N3O7S2. The molecule has 0 spiro atoms. The lowest BCUT2D eigenvalue weighted by Gasteiger charge is -2.40. The van der Waals surface area contributed by atoms with Crippen LogP contribution in [0.5, 0.6) is 5.75 Å². The molecule has 0 aromatic heterocycles. The summed E-state index contributed by atoms with van der Waals surface area (Å²) in [4.78, 5) is 0.168. The quantitative estimate of drug-likeness (QED) is 0.493. The molecule has 2 aliphatic rings. The molecule has 1 aromatic carbocycles. The van der Waals surface area contributed by atoms with Crippen molar-refractivity contribution in [2.75, 3.05) is 59.6 Å². The minimum Gasteiger partial charge on any atom is -0.491 e. The van der Waals surface area contributed by atoms with E-state index < -0.39 is 20.2 Å². The third-order valence-electron chi connectivity index (χ3n) is 5.57. The van der Waals surface area contributed by atoms with Gasteiger partial charge in [-0.25, -0.2) is 8.42 Å². The molecule has 182 valence electrons. The molecule has 2 unspecified atom stereocenters. The molecule has 2 saturated heterocycles. The molecule has 1 aromatic rings. The molecule has 0 bridgehead atoms. The molecule has 2 aliphatic heterocycles. The van der Waals surface area contributed by atoms with Gasteiger partial charge in [0.1, 0.15) is 12.4 Å². The maximum atomic E-state index is 13.1. The van der Waals surface area contributed by atoms with E-state index in [1.54, 1.807) is 26.2 Å². The van der Waals surface area contributed by atoms with Crippen LogP contribution in [0.15, 0.2) is 23.1 Å². The van der Waals surface area contributed by atoms with E-state index in [1.165, 1.54) is 19.0 Å². The van der Waals surface area contributed by atoms with Gasteiger partial charge in [-0.1, -0.05) is 0 Å². The van der Waals surface area contributed by atoms with Gasteiger partial charge >= 0.3 is 0 Å². The molecule has 0 aliphatic carbocycles. The van der Waals surface area contributed by atoms with Crippen LogP contribution in [0.2, 0.25) is 0 Å². The summed E-state index contributed by atoms with van der Waals surface area (Å²) in [7, 11) is -5.83. The number of aryl methyl sites for hydroxylation is 1. The molecule has 0 amide bonds. The van der Waals surface area contributed by atoms with Crippen LogP contribution in [-0.4, -0.2) is 102 Å². The Morgan fingerprint density at radius 2 is 1.53 bits per heavy atom. The molecule has 0 saturated carbocycles. The van der Waals surface area contributed by atoms with Crippen LogP contribution in [0, 0.1) is 6.92 Å². The zero-order chi connectivity index (χ0) is 23.5. The zero-order valence-corrected chi connectivity index (χ0v) is 20.7. The number of rotatable bonds is 8. The van der Waals surface area contributed by atoms with Gasteiger partial charge in [-0.2, -0.15) is 21.3 Å². The normalized spacial score (nSPS) is 24.5. The minimum atomic E-state index is -3.74. The minimum absolute atomic E-state index is 0.0994. The first-order valence-corrected chi connectivity index (χ1v) is 13.5. The van der Waals surface area contributed by atoms with Gasteiger partial charge in [-0.15, -0.1) is 0 Å². The Morgan fingerprint density at radius 1 is 0.938 bits per heavy atom. The number of methoxy groups -OCH3 is 1. The van der Waals surface area contributed by atoms with E-state index in [-0.39, 0.29) is 43.3 Å². The van der Waals surface area contributed by atoms with Gasteiger partial charge in [0.25, 0.3) is 10.2 Å². The lowest BCUT2D eigenvalue weighted by Crippen LogP contribution is -2.57. The van der Waals surface area contributed by atoms with Gasteiger partial charge in [0.2, 0.25) is 10.0 Å². The summed E-state index contributed by atoms with van der Waals surface area (Å²) in [6, 6.07) is 4.74. The van der Waals surface area contributed by atoms with Crippen molar-refractivity contribution >= 4 is 20.2 Å².